The van der Waals surface area contributed by atoms with Gasteiger partial charge in [-0.2, -0.15) is 0 Å². The zero-order valence-electron chi connectivity index (χ0n) is 20.5. The molecule has 0 aliphatic heterocycles. The van der Waals surface area contributed by atoms with Gasteiger partial charge in [-0.25, -0.2) is 0 Å². The second kappa shape index (κ2) is 13.3. The Morgan fingerprint density at radius 3 is 1.75 bits per heavy atom. The number of Topliss-reactive ketones (excluding diaryl/α,β-unsaturated/α-hetero) is 2. The molecule has 0 saturated heterocycles. The molecule has 2 rings (SSSR count). The molecule has 0 N–H and O–H groups in total. The lowest BCUT2D eigenvalue weighted by Crippen LogP contribution is -2.38. The zero-order chi connectivity index (χ0) is 23.5. The van der Waals surface area contributed by atoms with E-state index in [1.54, 1.807) is 0 Å². The smallest absolute Gasteiger partial charge is 0.137 e. The first-order valence-corrected chi connectivity index (χ1v) is 11.8. The maximum Gasteiger partial charge on any atom is 0.137 e. The van der Waals surface area contributed by atoms with Gasteiger partial charge in [0.05, 0.1) is 0 Å². The van der Waals surface area contributed by atoms with Gasteiger partial charge in [-0.3, -0.25) is 14.5 Å². The molecule has 4 nitrogen and oxygen atoms in total. The minimum absolute atomic E-state index is 0.0502. The van der Waals surface area contributed by atoms with Gasteiger partial charge in [-0.1, -0.05) is 81.4 Å². The van der Waals surface area contributed by atoms with Crippen LogP contribution in [0.15, 0.2) is 60.7 Å². The third kappa shape index (κ3) is 8.33. The van der Waals surface area contributed by atoms with E-state index in [1.165, 1.54) is 11.1 Å². The van der Waals surface area contributed by atoms with Gasteiger partial charge in [0.2, 0.25) is 0 Å². The van der Waals surface area contributed by atoms with Gasteiger partial charge in [-0.15, -0.1) is 0 Å². The van der Waals surface area contributed by atoms with Crippen LogP contribution in [0.3, 0.4) is 0 Å². The van der Waals surface area contributed by atoms with Gasteiger partial charge in [0, 0.05) is 50.4 Å². The van der Waals surface area contributed by atoms with E-state index in [2.05, 4.69) is 58.3 Å². The normalized spacial score (nSPS) is 14.3. The van der Waals surface area contributed by atoms with E-state index < -0.39 is 0 Å². The lowest BCUT2D eigenvalue weighted by atomic mass is 9.89. The SMILES string of the molecule is CCC(=O)C(C)C(CCC(=O)C(C)CN(Cc1ccccc1)Cc1ccccc1)N(C)C. The number of nitrogens with zero attached hydrogens (tertiary/aromatic N) is 2. The minimum Gasteiger partial charge on any atom is -0.306 e. The van der Waals surface area contributed by atoms with Crippen LogP contribution in [0.1, 0.15) is 51.2 Å². The number of carbonyl (C=O) groups is 2. The molecule has 0 aliphatic rings. The number of benzene rings is 2. The van der Waals surface area contributed by atoms with Crippen molar-refractivity contribution in [1.82, 2.24) is 9.80 Å². The molecule has 3 unspecified atom stereocenters. The number of hydrogen-bond donors (Lipinski definition) is 0. The summed E-state index contributed by atoms with van der Waals surface area (Å²) in [4.78, 5) is 29.7. The number of rotatable bonds is 14. The maximum absolute atomic E-state index is 13.0. The Labute approximate surface area is 194 Å². The van der Waals surface area contributed by atoms with Crippen molar-refractivity contribution >= 4 is 11.6 Å². The molecule has 0 heterocycles. The summed E-state index contributed by atoms with van der Waals surface area (Å²) in [7, 11) is 4.00. The number of hydrogen-bond acceptors (Lipinski definition) is 4. The summed E-state index contributed by atoms with van der Waals surface area (Å²) in [5.74, 6) is 0.438. The Balaban J connectivity index is 2.01. The summed E-state index contributed by atoms with van der Waals surface area (Å²) in [5, 5.41) is 0. The molecule has 0 aliphatic carbocycles. The third-order valence-electron chi connectivity index (χ3n) is 6.36. The minimum atomic E-state index is -0.0533. The predicted octanol–water partition coefficient (Wildman–Crippen LogP) is 5.22. The molecule has 174 valence electrons. The van der Waals surface area contributed by atoms with Crippen molar-refractivity contribution in [3.8, 4) is 0 Å². The van der Waals surface area contributed by atoms with E-state index in [4.69, 9.17) is 0 Å². The van der Waals surface area contributed by atoms with E-state index in [9.17, 15) is 9.59 Å². The van der Waals surface area contributed by atoms with Crippen molar-refractivity contribution in [2.45, 2.75) is 59.2 Å². The van der Waals surface area contributed by atoms with Crippen LogP contribution in [0.2, 0.25) is 0 Å². The summed E-state index contributed by atoms with van der Waals surface area (Å²) < 4.78 is 0. The van der Waals surface area contributed by atoms with Crippen molar-refractivity contribution in [2.24, 2.45) is 11.8 Å². The van der Waals surface area contributed by atoms with Crippen molar-refractivity contribution in [1.29, 1.82) is 0 Å². The zero-order valence-corrected chi connectivity index (χ0v) is 20.5. The van der Waals surface area contributed by atoms with Gasteiger partial charge in [0.25, 0.3) is 0 Å². The Hall–Kier alpha value is -2.30. The quantitative estimate of drug-likeness (QED) is 0.407. The molecule has 4 heteroatoms. The van der Waals surface area contributed by atoms with Gasteiger partial charge >= 0.3 is 0 Å². The fourth-order valence-electron chi connectivity index (χ4n) is 4.39. The Kier molecular flexibility index (Phi) is 10.8. The largest absolute Gasteiger partial charge is 0.306 e. The second-order valence-corrected chi connectivity index (χ2v) is 9.19. The van der Waals surface area contributed by atoms with E-state index in [0.717, 1.165) is 26.1 Å². The molecule has 0 saturated carbocycles. The lowest BCUT2D eigenvalue weighted by Gasteiger charge is -2.30. The van der Waals surface area contributed by atoms with Crippen molar-refractivity contribution < 1.29 is 9.59 Å². The molecule has 0 radical (unpaired) electrons. The summed E-state index contributed by atoms with van der Waals surface area (Å²) in [6, 6.07) is 21.0. The molecule has 0 amide bonds. The summed E-state index contributed by atoms with van der Waals surface area (Å²) in [6.45, 7) is 8.29. The molecule has 32 heavy (non-hydrogen) atoms. The maximum atomic E-state index is 13.0. The van der Waals surface area contributed by atoms with E-state index in [0.29, 0.717) is 12.8 Å². The Bertz CT molecular complexity index is 778. The molecule has 0 aromatic heterocycles. The standard InChI is InChI=1S/C28H40N2O2/c1-6-27(31)23(3)26(29(4)5)17-18-28(32)22(2)19-30(20-24-13-9-7-10-14-24)21-25-15-11-8-12-16-25/h7-16,22-23,26H,6,17-21H2,1-5H3. The van der Waals surface area contributed by atoms with Gasteiger partial charge in [0.15, 0.2) is 0 Å². The molecule has 2 aromatic rings. The highest BCUT2D eigenvalue weighted by molar-refractivity contribution is 5.82. The van der Waals surface area contributed by atoms with Gasteiger partial charge < -0.3 is 4.90 Å². The van der Waals surface area contributed by atoms with Crippen LogP contribution in [-0.2, 0) is 22.7 Å². The molecule has 0 fully saturated rings. The fourth-order valence-corrected chi connectivity index (χ4v) is 4.39. The molecule has 0 spiro atoms. The highest BCUT2D eigenvalue weighted by Gasteiger charge is 2.26. The highest BCUT2D eigenvalue weighted by atomic mass is 16.1. The third-order valence-corrected chi connectivity index (χ3v) is 6.36. The van der Waals surface area contributed by atoms with E-state index in [1.807, 2.05) is 47.0 Å². The predicted molar refractivity (Wildman–Crippen MR) is 132 cm³/mol. The average molecular weight is 437 g/mol. The topological polar surface area (TPSA) is 40.6 Å². The molecular formula is C28H40N2O2. The first-order valence-electron chi connectivity index (χ1n) is 11.8. The van der Waals surface area contributed by atoms with Crippen LogP contribution in [-0.4, -0.2) is 48.0 Å². The second-order valence-electron chi connectivity index (χ2n) is 9.19. The van der Waals surface area contributed by atoms with E-state index >= 15 is 0 Å². The average Bonchev–Trinajstić information content (AvgIpc) is 2.79. The lowest BCUT2D eigenvalue weighted by molar-refractivity contribution is -0.126. The van der Waals surface area contributed by atoms with E-state index in [-0.39, 0.29) is 29.4 Å². The van der Waals surface area contributed by atoms with Crippen LogP contribution in [0, 0.1) is 11.8 Å². The van der Waals surface area contributed by atoms with Crippen LogP contribution in [0.4, 0.5) is 0 Å². The van der Waals surface area contributed by atoms with Crippen molar-refractivity contribution in [3.05, 3.63) is 71.8 Å². The van der Waals surface area contributed by atoms with Crippen molar-refractivity contribution in [3.63, 3.8) is 0 Å². The van der Waals surface area contributed by atoms with Gasteiger partial charge in [-0.05, 0) is 31.6 Å². The molecule has 3 atom stereocenters. The molecular weight excluding hydrogens is 396 g/mol. The molecule has 0 bridgehead atoms. The fraction of sp³-hybridized carbons (Fsp3) is 0.500. The summed E-state index contributed by atoms with van der Waals surface area (Å²) in [6.07, 6.45) is 1.78. The van der Waals surface area contributed by atoms with Crippen LogP contribution in [0.5, 0.6) is 0 Å². The summed E-state index contributed by atoms with van der Waals surface area (Å²) >= 11 is 0. The first-order chi connectivity index (χ1) is 15.3. The van der Waals surface area contributed by atoms with Crippen LogP contribution in [0.25, 0.3) is 0 Å². The monoisotopic (exact) mass is 436 g/mol. The van der Waals surface area contributed by atoms with Crippen LogP contribution >= 0.6 is 0 Å². The van der Waals surface area contributed by atoms with Gasteiger partial charge in [0.1, 0.15) is 11.6 Å². The number of carbonyl (C=O) groups excluding carboxylic acids is 2. The molecule has 2 aromatic carbocycles. The Morgan fingerprint density at radius 1 is 0.812 bits per heavy atom. The first kappa shape index (κ1) is 26.0. The summed E-state index contributed by atoms with van der Waals surface area (Å²) in [5.41, 5.74) is 2.50. The highest BCUT2D eigenvalue weighted by Crippen LogP contribution is 2.19. The number of ketones is 2. The van der Waals surface area contributed by atoms with Crippen LogP contribution < -0.4 is 0 Å². The van der Waals surface area contributed by atoms with Crippen molar-refractivity contribution in [2.75, 3.05) is 20.6 Å². The Morgan fingerprint density at radius 2 is 1.31 bits per heavy atom.